The standard InChI is InChI=1S/C26H16N6/c1-2-4-22-21(3-1)31-25-23-13-19-9-7-17(28-19)11-15-5-6-16(27-15)12-18-8-10-20(29-18)14-24(30-23)26(25)32-22/h1-14,28-29H. The van der Waals surface area contributed by atoms with Gasteiger partial charge in [0.05, 0.1) is 33.8 Å². The number of para-hydroxylation sites is 2. The summed E-state index contributed by atoms with van der Waals surface area (Å²) in [4.78, 5) is 26.3. The van der Waals surface area contributed by atoms with Crippen molar-refractivity contribution in [1.29, 1.82) is 0 Å². The average Bonchev–Trinajstić information content (AvgIpc) is 3.58. The van der Waals surface area contributed by atoms with E-state index in [9.17, 15) is 0 Å². The maximum Gasteiger partial charge on any atom is 0.117 e. The molecule has 0 aliphatic carbocycles. The highest BCUT2D eigenvalue weighted by molar-refractivity contribution is 5.88. The number of H-pyrrole nitrogens is 2. The molecule has 8 bridgehead atoms. The molecule has 2 aliphatic heterocycles. The molecule has 0 radical (unpaired) electrons. The van der Waals surface area contributed by atoms with Crippen molar-refractivity contribution in [3.8, 4) is 22.8 Å². The second-order valence-corrected chi connectivity index (χ2v) is 7.90. The summed E-state index contributed by atoms with van der Waals surface area (Å²) in [6.45, 7) is 0. The Balaban J connectivity index is 1.59. The molecular formula is C26H16N6. The molecule has 5 aromatic rings. The highest BCUT2D eigenvalue weighted by Gasteiger charge is 2.20. The van der Waals surface area contributed by atoms with Gasteiger partial charge in [-0.2, -0.15) is 0 Å². The lowest BCUT2D eigenvalue weighted by Gasteiger charge is -2.01. The largest absolute Gasteiger partial charge is 0.355 e. The van der Waals surface area contributed by atoms with Gasteiger partial charge in [0.2, 0.25) is 0 Å². The monoisotopic (exact) mass is 412 g/mol. The lowest BCUT2D eigenvalue weighted by Crippen LogP contribution is -1.90. The Hall–Kier alpha value is -4.58. The molecule has 150 valence electrons. The Labute approximate surface area is 182 Å². The van der Waals surface area contributed by atoms with Crippen LogP contribution in [0.5, 0.6) is 0 Å². The van der Waals surface area contributed by atoms with Gasteiger partial charge in [-0.3, -0.25) is 0 Å². The maximum atomic E-state index is 4.91. The molecule has 2 aliphatic rings. The zero-order valence-electron chi connectivity index (χ0n) is 16.9. The van der Waals surface area contributed by atoms with Gasteiger partial charge in [0.1, 0.15) is 11.4 Å². The molecule has 7 rings (SSSR count). The van der Waals surface area contributed by atoms with Crippen LogP contribution in [0.2, 0.25) is 0 Å². The van der Waals surface area contributed by atoms with Gasteiger partial charge < -0.3 is 9.97 Å². The number of hydrogen-bond donors (Lipinski definition) is 2. The van der Waals surface area contributed by atoms with Crippen molar-refractivity contribution < 1.29 is 0 Å². The van der Waals surface area contributed by atoms with E-state index >= 15 is 0 Å². The zero-order chi connectivity index (χ0) is 21.1. The fourth-order valence-electron chi connectivity index (χ4n) is 4.16. The number of rotatable bonds is 0. The van der Waals surface area contributed by atoms with Crippen LogP contribution in [0.4, 0.5) is 0 Å². The Morgan fingerprint density at radius 1 is 0.469 bits per heavy atom. The van der Waals surface area contributed by atoms with Crippen LogP contribution in [-0.2, 0) is 0 Å². The van der Waals surface area contributed by atoms with Crippen molar-refractivity contribution >= 4 is 45.3 Å². The van der Waals surface area contributed by atoms with Gasteiger partial charge in [-0.25, -0.2) is 19.9 Å². The summed E-state index contributed by atoms with van der Waals surface area (Å²) in [5.74, 6) is 0. The highest BCUT2D eigenvalue weighted by atomic mass is 14.9. The minimum absolute atomic E-state index is 0.789. The first-order chi connectivity index (χ1) is 15.8. The summed E-state index contributed by atoms with van der Waals surface area (Å²) in [5.41, 5.74) is 10.6. The summed E-state index contributed by atoms with van der Waals surface area (Å²) in [5, 5.41) is 0. The highest BCUT2D eigenvalue weighted by Crippen LogP contribution is 2.34. The molecule has 0 saturated heterocycles. The Morgan fingerprint density at radius 2 is 0.938 bits per heavy atom. The van der Waals surface area contributed by atoms with E-state index in [1.165, 1.54) is 0 Å². The first-order valence-electron chi connectivity index (χ1n) is 10.4. The van der Waals surface area contributed by atoms with Crippen LogP contribution < -0.4 is 0 Å². The van der Waals surface area contributed by atoms with E-state index in [1.54, 1.807) is 0 Å². The van der Waals surface area contributed by atoms with Crippen LogP contribution in [-0.4, -0.2) is 29.9 Å². The Bertz CT molecular complexity index is 1620. The smallest absolute Gasteiger partial charge is 0.117 e. The number of fused-ring (bicyclic) bond motifs is 12. The quantitative estimate of drug-likeness (QED) is 0.332. The second kappa shape index (κ2) is 6.46. The molecule has 32 heavy (non-hydrogen) atoms. The predicted octanol–water partition coefficient (Wildman–Crippen LogP) is 5.76. The maximum absolute atomic E-state index is 4.91. The molecule has 6 heterocycles. The average molecular weight is 412 g/mol. The summed E-state index contributed by atoms with van der Waals surface area (Å²) in [6, 6.07) is 24.2. The van der Waals surface area contributed by atoms with E-state index in [2.05, 4.69) is 9.97 Å². The first-order valence-corrected chi connectivity index (χ1v) is 10.4. The predicted molar refractivity (Wildman–Crippen MR) is 127 cm³/mol. The van der Waals surface area contributed by atoms with Gasteiger partial charge in [0.15, 0.2) is 0 Å². The normalized spacial score (nSPS) is 12.2. The minimum Gasteiger partial charge on any atom is -0.355 e. The van der Waals surface area contributed by atoms with Crippen molar-refractivity contribution in [3.05, 3.63) is 84.2 Å². The van der Waals surface area contributed by atoms with E-state index in [0.717, 1.165) is 67.3 Å². The fourth-order valence-corrected chi connectivity index (χ4v) is 4.16. The van der Waals surface area contributed by atoms with Gasteiger partial charge in [0, 0.05) is 22.1 Å². The lowest BCUT2D eigenvalue weighted by molar-refractivity contribution is 1.32. The molecule has 4 aromatic heterocycles. The summed E-state index contributed by atoms with van der Waals surface area (Å²) in [6.07, 6.45) is 4.03. The van der Waals surface area contributed by atoms with Crippen molar-refractivity contribution in [1.82, 2.24) is 29.9 Å². The summed E-state index contributed by atoms with van der Waals surface area (Å²) in [7, 11) is 0. The van der Waals surface area contributed by atoms with E-state index in [1.807, 2.05) is 84.9 Å². The number of hydrogen-bond acceptors (Lipinski definition) is 4. The molecule has 0 saturated carbocycles. The lowest BCUT2D eigenvalue weighted by atomic mass is 10.2. The molecule has 0 amide bonds. The zero-order valence-corrected chi connectivity index (χ0v) is 16.9. The van der Waals surface area contributed by atoms with Gasteiger partial charge in [-0.1, -0.05) is 12.1 Å². The third kappa shape index (κ3) is 2.81. The molecule has 1 aromatic carbocycles. The van der Waals surface area contributed by atoms with Gasteiger partial charge in [0.25, 0.3) is 0 Å². The van der Waals surface area contributed by atoms with Crippen LogP contribution in [0.3, 0.4) is 0 Å². The molecular weight excluding hydrogens is 396 g/mol. The van der Waals surface area contributed by atoms with Gasteiger partial charge in [-0.15, -0.1) is 0 Å². The van der Waals surface area contributed by atoms with E-state index in [0.29, 0.717) is 0 Å². The Morgan fingerprint density at radius 3 is 1.44 bits per heavy atom. The molecule has 0 atom stereocenters. The van der Waals surface area contributed by atoms with Crippen LogP contribution in [0, 0.1) is 0 Å². The van der Waals surface area contributed by atoms with Crippen molar-refractivity contribution in [2.24, 2.45) is 0 Å². The van der Waals surface area contributed by atoms with E-state index in [-0.39, 0.29) is 0 Å². The Kier molecular flexibility index (Phi) is 3.46. The van der Waals surface area contributed by atoms with Crippen LogP contribution >= 0.6 is 0 Å². The first kappa shape index (κ1) is 17.1. The summed E-state index contributed by atoms with van der Waals surface area (Å²) < 4.78 is 0. The third-order valence-corrected chi connectivity index (χ3v) is 5.63. The molecule has 0 unspecified atom stereocenters. The fraction of sp³-hybridized carbons (Fsp3) is 0. The summed E-state index contributed by atoms with van der Waals surface area (Å²) >= 11 is 0. The number of aromatic nitrogens is 6. The minimum atomic E-state index is 0.789. The topological polar surface area (TPSA) is 83.1 Å². The molecule has 6 heteroatoms. The van der Waals surface area contributed by atoms with Crippen LogP contribution in [0.25, 0.3) is 68.0 Å². The van der Waals surface area contributed by atoms with E-state index in [4.69, 9.17) is 19.9 Å². The van der Waals surface area contributed by atoms with Crippen molar-refractivity contribution in [2.45, 2.75) is 0 Å². The molecule has 0 fully saturated rings. The number of nitrogens with zero attached hydrogens (tertiary/aromatic N) is 4. The van der Waals surface area contributed by atoms with E-state index < -0.39 is 0 Å². The molecule has 2 N–H and O–H groups in total. The van der Waals surface area contributed by atoms with Crippen LogP contribution in [0.1, 0.15) is 11.4 Å². The molecule has 0 spiro atoms. The third-order valence-electron chi connectivity index (χ3n) is 5.63. The molecule has 6 nitrogen and oxygen atoms in total. The number of nitrogens with one attached hydrogen (secondary N) is 2. The van der Waals surface area contributed by atoms with Crippen molar-refractivity contribution in [2.75, 3.05) is 0 Å². The second-order valence-electron chi connectivity index (χ2n) is 7.90. The van der Waals surface area contributed by atoms with Crippen LogP contribution in [0.15, 0.2) is 72.8 Å². The van der Waals surface area contributed by atoms with Gasteiger partial charge in [-0.05, 0) is 72.8 Å². The van der Waals surface area contributed by atoms with Crippen molar-refractivity contribution in [3.63, 3.8) is 0 Å². The SMILES string of the molecule is C1=Cc2cc3ccc(cc4nc(cc5ccc(cc1n2)[nH]5)-c1nc2ccccc2nc1-4)[nH]3. The van der Waals surface area contributed by atoms with Gasteiger partial charge >= 0.3 is 0 Å². The number of benzene rings is 1. The number of aromatic amines is 2.